The molecule has 0 aliphatic rings. The molecule has 0 radical (unpaired) electrons. The normalized spacial score (nSPS) is 8.86. The number of rotatable bonds is 5. The van der Waals surface area contributed by atoms with Crippen molar-refractivity contribution < 1.29 is 21.1 Å². The number of unbranched alkanes of at least 4 members (excludes halogenated alkanes) is 2. The topological polar surface area (TPSA) is 9.23 Å². The Balaban J connectivity index is 0.000000791. The van der Waals surface area contributed by atoms with Crippen LogP contribution in [0.5, 0.6) is 5.75 Å². The second-order valence-corrected chi connectivity index (χ2v) is 2.79. The second-order valence-electron chi connectivity index (χ2n) is 2.79. The van der Waals surface area contributed by atoms with Crippen molar-refractivity contribution in [2.75, 3.05) is 6.61 Å². The Morgan fingerprint density at radius 1 is 1.29 bits per heavy atom. The standard InChI is InChI=1S/C11H15O.BrH.Zn/c1-2-3-7-10-12-11-8-5-4-6-9-11;;/h5-6,8-9H,2-3,7,10H2,1H3;1H;/q-1;;+2/p-1. The first-order valence-electron chi connectivity index (χ1n) is 4.79. The van der Waals surface area contributed by atoms with Crippen molar-refractivity contribution in [2.24, 2.45) is 0 Å². The van der Waals surface area contributed by atoms with Crippen molar-refractivity contribution in [1.82, 2.24) is 0 Å². The molecule has 1 aromatic carbocycles. The van der Waals surface area contributed by atoms with Crippen LogP contribution in [-0.4, -0.2) is 6.61 Å². The van der Waals surface area contributed by atoms with Crippen LogP contribution in [0.4, 0.5) is 0 Å². The number of hydrogen-bond acceptors (Lipinski definition) is 1. The Morgan fingerprint density at radius 2 is 1.93 bits per heavy atom. The first-order valence-corrected chi connectivity index (χ1v) is 11.7. The molecule has 0 saturated carbocycles. The van der Waals surface area contributed by atoms with E-state index in [0.29, 0.717) is 0 Å². The average molecular weight is 309 g/mol. The van der Waals surface area contributed by atoms with Crippen LogP contribution in [-0.2, 0) is 16.3 Å². The first kappa shape index (κ1) is 14.1. The summed E-state index contributed by atoms with van der Waals surface area (Å²) < 4.78 is 5.49. The molecule has 0 saturated heterocycles. The van der Waals surface area contributed by atoms with Crippen LogP contribution in [0.15, 0.2) is 24.3 Å². The average Bonchev–Trinajstić information content (AvgIpc) is 2.29. The summed E-state index contributed by atoms with van der Waals surface area (Å²) in [7, 11) is 0. The van der Waals surface area contributed by atoms with Crippen LogP contribution >= 0.6 is 13.6 Å². The van der Waals surface area contributed by atoms with Crippen molar-refractivity contribution in [3.63, 3.8) is 0 Å². The van der Waals surface area contributed by atoms with Crippen LogP contribution in [0.3, 0.4) is 0 Å². The molecule has 0 aliphatic carbocycles. The van der Waals surface area contributed by atoms with Gasteiger partial charge in [0, 0.05) is 5.75 Å². The molecule has 0 spiro atoms. The van der Waals surface area contributed by atoms with Gasteiger partial charge in [0.15, 0.2) is 0 Å². The maximum absolute atomic E-state index is 5.49. The van der Waals surface area contributed by atoms with E-state index >= 15 is 0 Å². The molecule has 0 aromatic heterocycles. The van der Waals surface area contributed by atoms with Gasteiger partial charge in [-0.25, -0.2) is 0 Å². The van der Waals surface area contributed by atoms with Gasteiger partial charge in [-0.15, -0.1) is 12.1 Å². The van der Waals surface area contributed by atoms with Crippen molar-refractivity contribution >= 4 is 13.6 Å². The monoisotopic (exact) mass is 306 g/mol. The number of hydrogen-bond donors (Lipinski definition) is 0. The maximum atomic E-state index is 5.49. The van der Waals surface area contributed by atoms with E-state index in [9.17, 15) is 0 Å². The zero-order valence-corrected chi connectivity index (χ0v) is 13.2. The minimum atomic E-state index is 0.831. The Morgan fingerprint density at radius 3 is 2.50 bits per heavy atom. The van der Waals surface area contributed by atoms with E-state index < -0.39 is 0 Å². The van der Waals surface area contributed by atoms with Gasteiger partial charge in [-0.3, -0.25) is 0 Å². The molecule has 14 heavy (non-hydrogen) atoms. The summed E-state index contributed by atoms with van der Waals surface area (Å²) >= 11 is 4.25. The third kappa shape index (κ3) is 7.52. The summed E-state index contributed by atoms with van der Waals surface area (Å²) in [4.78, 5) is 0. The van der Waals surface area contributed by atoms with E-state index in [2.05, 4.69) is 26.6 Å². The van der Waals surface area contributed by atoms with Crippen molar-refractivity contribution in [3.05, 3.63) is 30.3 Å². The molecule has 0 bridgehead atoms. The second kappa shape index (κ2) is 11.2. The third-order valence-corrected chi connectivity index (χ3v) is 1.70. The summed E-state index contributed by atoms with van der Waals surface area (Å²) in [5.41, 5.74) is 0. The molecule has 0 N–H and O–H groups in total. The summed E-state index contributed by atoms with van der Waals surface area (Å²) in [5.74, 6) is 0.949. The fraction of sp³-hybridized carbons (Fsp3) is 0.455. The Kier molecular flexibility index (Phi) is 11.3. The summed E-state index contributed by atoms with van der Waals surface area (Å²) in [5, 5.41) is 0. The summed E-state index contributed by atoms with van der Waals surface area (Å²) in [6.07, 6.45) is 3.64. The Labute approximate surface area is 103 Å². The van der Waals surface area contributed by atoms with Crippen molar-refractivity contribution in [2.45, 2.75) is 26.2 Å². The van der Waals surface area contributed by atoms with E-state index in [4.69, 9.17) is 4.74 Å². The van der Waals surface area contributed by atoms with Gasteiger partial charge in [0.05, 0.1) is 6.61 Å². The van der Waals surface area contributed by atoms with Gasteiger partial charge in [0.1, 0.15) is 0 Å². The molecule has 0 aliphatic heterocycles. The molecule has 0 unspecified atom stereocenters. The van der Waals surface area contributed by atoms with E-state index in [1.165, 1.54) is 29.2 Å². The molecule has 3 heteroatoms. The molecule has 0 heterocycles. The first-order chi connectivity index (χ1) is 6.93. The SMILES string of the molecule is CCCCCOc1cc[c-]cc1.[Zn+][Br]. The molecule has 0 fully saturated rings. The predicted octanol–water partition coefficient (Wildman–Crippen LogP) is 3.90. The van der Waals surface area contributed by atoms with Gasteiger partial charge < -0.3 is 4.74 Å². The van der Waals surface area contributed by atoms with Gasteiger partial charge in [-0.1, -0.05) is 19.8 Å². The summed E-state index contributed by atoms with van der Waals surface area (Å²) in [6, 6.07) is 10.6. The minimum absolute atomic E-state index is 0.831. The fourth-order valence-electron chi connectivity index (χ4n) is 1.01. The van der Waals surface area contributed by atoms with Gasteiger partial charge in [-0.2, -0.15) is 18.2 Å². The van der Waals surface area contributed by atoms with E-state index in [1.807, 2.05) is 24.3 Å². The molecule has 1 aromatic rings. The van der Waals surface area contributed by atoms with E-state index in [1.54, 1.807) is 0 Å². The molecule has 1 rings (SSSR count). The molecule has 1 nitrogen and oxygen atoms in total. The van der Waals surface area contributed by atoms with Gasteiger partial charge in [0.2, 0.25) is 0 Å². The zero-order valence-electron chi connectivity index (χ0n) is 8.63. The molecule has 74 valence electrons. The molecule has 0 atom stereocenters. The van der Waals surface area contributed by atoms with Gasteiger partial charge in [-0.05, 0) is 6.42 Å². The van der Waals surface area contributed by atoms with Crippen LogP contribution < -0.4 is 4.74 Å². The predicted molar refractivity (Wildman–Crippen MR) is 59.2 cm³/mol. The van der Waals surface area contributed by atoms with E-state index in [0.717, 1.165) is 18.8 Å². The quantitative estimate of drug-likeness (QED) is 0.455. The molecule has 0 amide bonds. The number of halogens is 1. The number of benzene rings is 1. The Bertz CT molecular complexity index is 204. The van der Waals surface area contributed by atoms with Crippen LogP contribution in [0.1, 0.15) is 26.2 Å². The van der Waals surface area contributed by atoms with Crippen LogP contribution in [0.2, 0.25) is 0 Å². The molecular weight excluding hydrogens is 293 g/mol. The van der Waals surface area contributed by atoms with Gasteiger partial charge >= 0.3 is 30.0 Å². The van der Waals surface area contributed by atoms with Crippen LogP contribution in [0.25, 0.3) is 0 Å². The Hall–Kier alpha value is 0.123. The van der Waals surface area contributed by atoms with Crippen molar-refractivity contribution in [1.29, 1.82) is 0 Å². The van der Waals surface area contributed by atoms with Gasteiger partial charge in [0.25, 0.3) is 0 Å². The summed E-state index contributed by atoms with van der Waals surface area (Å²) in [6.45, 7) is 3.02. The third-order valence-electron chi connectivity index (χ3n) is 1.70. The van der Waals surface area contributed by atoms with E-state index in [-0.39, 0.29) is 0 Å². The zero-order chi connectivity index (χ0) is 10.6. The van der Waals surface area contributed by atoms with Crippen molar-refractivity contribution in [3.8, 4) is 5.75 Å². The molecular formula is C11H15BrOZn. The fourth-order valence-corrected chi connectivity index (χ4v) is 1.01. The number of ether oxygens (including phenoxy) is 1. The van der Waals surface area contributed by atoms with Crippen LogP contribution in [0, 0.1) is 6.07 Å².